The maximum Gasteiger partial charge on any atom is 0.121 e. The van der Waals surface area contributed by atoms with Gasteiger partial charge in [0.05, 0.1) is 5.52 Å². The summed E-state index contributed by atoms with van der Waals surface area (Å²) in [6.45, 7) is 6.26. The van der Waals surface area contributed by atoms with Gasteiger partial charge in [-0.15, -0.1) is 5.10 Å². The first-order chi connectivity index (χ1) is 6.11. The van der Waals surface area contributed by atoms with E-state index >= 15 is 0 Å². The van der Waals surface area contributed by atoms with Crippen LogP contribution >= 0.6 is 0 Å². The van der Waals surface area contributed by atoms with Crippen LogP contribution in [0.25, 0.3) is 11.0 Å². The van der Waals surface area contributed by atoms with Crippen molar-refractivity contribution in [2.75, 3.05) is 0 Å². The van der Waals surface area contributed by atoms with Gasteiger partial charge in [-0.05, 0) is 37.5 Å². The molecule has 0 unspecified atom stereocenters. The predicted molar refractivity (Wildman–Crippen MR) is 51.6 cm³/mol. The fourth-order valence-corrected chi connectivity index (χ4v) is 1.59. The normalized spacial score (nSPS) is 11.1. The highest BCUT2D eigenvalue weighted by Crippen LogP contribution is 2.21. The third-order valence-electron chi connectivity index (χ3n) is 2.61. The van der Waals surface area contributed by atoms with Crippen molar-refractivity contribution < 1.29 is 0 Å². The van der Waals surface area contributed by atoms with E-state index in [1.807, 2.05) is 7.05 Å². The summed E-state index contributed by atoms with van der Waals surface area (Å²) >= 11 is 0. The van der Waals surface area contributed by atoms with Gasteiger partial charge >= 0.3 is 0 Å². The van der Waals surface area contributed by atoms with Crippen LogP contribution in [0.2, 0.25) is 0 Å². The molecule has 2 rings (SSSR count). The molecule has 0 bridgehead atoms. The first-order valence-corrected chi connectivity index (χ1v) is 4.29. The Hall–Kier alpha value is -1.38. The van der Waals surface area contributed by atoms with Crippen LogP contribution in [0.4, 0.5) is 0 Å². The molecule has 1 heterocycles. The molecule has 1 aromatic carbocycles. The lowest BCUT2D eigenvalue weighted by atomic mass is 10.0. The van der Waals surface area contributed by atoms with Gasteiger partial charge in [-0.25, -0.2) is 4.68 Å². The van der Waals surface area contributed by atoms with Gasteiger partial charge in [0.15, 0.2) is 0 Å². The van der Waals surface area contributed by atoms with E-state index in [1.54, 1.807) is 4.68 Å². The minimum Gasteiger partial charge on any atom is -0.247 e. The average molecular weight is 174 g/mol. The first-order valence-electron chi connectivity index (χ1n) is 4.29. The molecular weight excluding hydrogens is 162 g/mol. The molecule has 3 heteroatoms. The molecule has 2 aromatic rings. The minimum atomic E-state index is 0.864. The van der Waals surface area contributed by atoms with Gasteiger partial charge in [0, 0.05) is 13.1 Å². The minimum absolute atomic E-state index is 0.864. The monoisotopic (exact) mass is 174 g/mol. The van der Waals surface area contributed by atoms with Crippen LogP contribution in [-0.2, 0) is 7.05 Å². The maximum absolute atomic E-state index is 4.04. The number of hydrogen-bond acceptors (Lipinski definition) is 2. The number of aryl methyl sites for hydroxylation is 3. The number of hydrogen-bond donors (Lipinski definition) is 0. The summed E-state index contributed by atoms with van der Waals surface area (Å²) in [5.41, 5.74) is 5.63. The summed E-state index contributed by atoms with van der Waals surface area (Å²) in [6.07, 6.45) is 0. The summed E-state index contributed by atoms with van der Waals surface area (Å²) in [5.74, 6) is 0. The van der Waals surface area contributed by atoms with Crippen LogP contribution in [0.5, 0.6) is 0 Å². The molecule has 0 amide bonds. The summed E-state index contributed by atoms with van der Waals surface area (Å²) in [5, 5.41) is 8.01. The van der Waals surface area contributed by atoms with E-state index in [-0.39, 0.29) is 0 Å². The Morgan fingerprint density at radius 2 is 1.85 bits per heavy atom. The topological polar surface area (TPSA) is 30.7 Å². The Bertz CT molecular complexity index is 468. The molecule has 0 aliphatic heterocycles. The van der Waals surface area contributed by atoms with Gasteiger partial charge in [0.25, 0.3) is 0 Å². The molecule has 0 aliphatic rings. The number of fused-ring (bicyclic) bond motifs is 1. The van der Waals surface area contributed by atoms with Crippen molar-refractivity contribution in [1.29, 1.82) is 0 Å². The summed E-state index contributed by atoms with van der Waals surface area (Å²) < 4.78 is 1.80. The zero-order chi connectivity index (χ0) is 9.59. The lowest BCUT2D eigenvalue weighted by Gasteiger charge is -2.05. The Labute approximate surface area is 77.4 Å². The third kappa shape index (κ3) is 1.03. The van der Waals surface area contributed by atoms with Gasteiger partial charge in [0.2, 0.25) is 0 Å². The Kier molecular flexibility index (Phi) is 1.62. The molecule has 0 saturated carbocycles. The fraction of sp³-hybridized carbons (Fsp3) is 0.400. The highest BCUT2D eigenvalue weighted by Gasteiger charge is 2.08. The first kappa shape index (κ1) is 8.23. The molecule has 0 N–H and O–H groups in total. The molecule has 0 saturated heterocycles. The lowest BCUT2D eigenvalue weighted by Crippen LogP contribution is -1.94. The smallest absolute Gasteiger partial charge is 0.121 e. The van der Waals surface area contributed by atoms with Crippen molar-refractivity contribution in [2.45, 2.75) is 20.8 Å². The Morgan fingerprint density at radius 3 is 2.54 bits per heavy atom. The highest BCUT2D eigenvalue weighted by atomic mass is 15.4. The van der Waals surface area contributed by atoms with Crippen molar-refractivity contribution in [3.05, 3.63) is 22.8 Å². The van der Waals surface area contributed by atoms with E-state index in [2.05, 4.69) is 37.1 Å². The van der Waals surface area contributed by atoms with Crippen LogP contribution in [0.1, 0.15) is 16.7 Å². The van der Waals surface area contributed by atoms with E-state index in [0.717, 1.165) is 16.6 Å². The van der Waals surface area contributed by atoms with Crippen LogP contribution < -0.4 is 0 Å². The average Bonchev–Trinajstić information content (AvgIpc) is 2.43. The SMILES string of the molecule is Cc1[c]c2nnn(C)c2c(C)c1C. The van der Waals surface area contributed by atoms with E-state index in [9.17, 15) is 0 Å². The largest absolute Gasteiger partial charge is 0.247 e. The van der Waals surface area contributed by atoms with Gasteiger partial charge in [-0.1, -0.05) is 5.21 Å². The number of aromatic nitrogens is 3. The molecule has 1 radical (unpaired) electrons. The van der Waals surface area contributed by atoms with Crippen molar-refractivity contribution in [3.63, 3.8) is 0 Å². The molecule has 0 fully saturated rings. The van der Waals surface area contributed by atoms with Crippen LogP contribution in [0.3, 0.4) is 0 Å². The summed E-state index contributed by atoms with van der Waals surface area (Å²) in [7, 11) is 1.91. The second kappa shape index (κ2) is 2.55. The van der Waals surface area contributed by atoms with Crippen molar-refractivity contribution >= 4 is 11.0 Å². The highest BCUT2D eigenvalue weighted by molar-refractivity contribution is 5.79. The lowest BCUT2D eigenvalue weighted by molar-refractivity contribution is 0.735. The van der Waals surface area contributed by atoms with Crippen LogP contribution in [-0.4, -0.2) is 15.0 Å². The molecule has 3 nitrogen and oxygen atoms in total. The van der Waals surface area contributed by atoms with E-state index in [1.165, 1.54) is 11.1 Å². The number of nitrogens with zero attached hydrogens (tertiary/aromatic N) is 3. The summed E-state index contributed by atoms with van der Waals surface area (Å²) in [4.78, 5) is 0. The quantitative estimate of drug-likeness (QED) is 0.608. The van der Waals surface area contributed by atoms with Gasteiger partial charge in [-0.3, -0.25) is 0 Å². The van der Waals surface area contributed by atoms with Gasteiger partial charge < -0.3 is 0 Å². The summed E-state index contributed by atoms with van der Waals surface area (Å²) in [6, 6.07) is 3.23. The van der Waals surface area contributed by atoms with Crippen molar-refractivity contribution in [1.82, 2.24) is 15.0 Å². The molecule has 13 heavy (non-hydrogen) atoms. The van der Waals surface area contributed by atoms with Gasteiger partial charge in [0.1, 0.15) is 5.52 Å². The molecule has 1 aromatic heterocycles. The third-order valence-corrected chi connectivity index (χ3v) is 2.61. The Morgan fingerprint density at radius 1 is 1.15 bits per heavy atom. The van der Waals surface area contributed by atoms with Crippen LogP contribution in [0.15, 0.2) is 0 Å². The Balaban J connectivity index is 2.97. The van der Waals surface area contributed by atoms with E-state index < -0.39 is 0 Å². The second-order valence-electron chi connectivity index (χ2n) is 3.41. The second-order valence-corrected chi connectivity index (χ2v) is 3.41. The zero-order valence-corrected chi connectivity index (χ0v) is 8.34. The van der Waals surface area contributed by atoms with Crippen molar-refractivity contribution in [2.24, 2.45) is 7.05 Å². The number of benzene rings is 1. The maximum atomic E-state index is 4.04. The molecule has 0 aliphatic carbocycles. The molecule has 0 atom stereocenters. The fourth-order valence-electron chi connectivity index (χ4n) is 1.59. The van der Waals surface area contributed by atoms with Crippen molar-refractivity contribution in [3.8, 4) is 0 Å². The predicted octanol–water partition coefficient (Wildman–Crippen LogP) is 1.69. The number of rotatable bonds is 0. The standard InChI is InChI=1S/C10H12N3/c1-6-5-9-10(8(3)7(6)2)13(4)12-11-9/h1-4H3. The van der Waals surface area contributed by atoms with E-state index in [4.69, 9.17) is 0 Å². The molecular formula is C10H12N3. The molecule has 67 valence electrons. The molecule has 0 spiro atoms. The zero-order valence-electron chi connectivity index (χ0n) is 8.34. The van der Waals surface area contributed by atoms with E-state index in [0.29, 0.717) is 0 Å². The van der Waals surface area contributed by atoms with Crippen LogP contribution in [0, 0.1) is 26.8 Å². The van der Waals surface area contributed by atoms with Gasteiger partial charge in [-0.2, -0.15) is 0 Å².